The van der Waals surface area contributed by atoms with Crippen LogP contribution in [-0.2, 0) is 6.42 Å². The molecule has 4 rings (SSSR count). The molecule has 2 N–H and O–H groups in total. The molecule has 0 spiro atoms. The average Bonchev–Trinajstić information content (AvgIpc) is 3.10. The van der Waals surface area contributed by atoms with Crippen molar-refractivity contribution in [2.75, 3.05) is 18.5 Å². The zero-order valence-corrected chi connectivity index (χ0v) is 15.3. The van der Waals surface area contributed by atoms with E-state index >= 15 is 0 Å². The van der Waals surface area contributed by atoms with E-state index in [1.165, 1.54) is 0 Å². The Balaban J connectivity index is 1.61. The molecule has 7 heteroatoms. The third-order valence-electron chi connectivity index (χ3n) is 4.27. The summed E-state index contributed by atoms with van der Waals surface area (Å²) in [5.74, 6) is 1.60. The highest BCUT2D eigenvalue weighted by molar-refractivity contribution is 6.30. The van der Waals surface area contributed by atoms with Gasteiger partial charge in [0.15, 0.2) is 5.65 Å². The molecule has 0 amide bonds. The van der Waals surface area contributed by atoms with E-state index in [1.807, 2.05) is 59.1 Å². The standard InChI is InChI=1S/C20H18ClN5O/c21-17-3-1-14(2-4-17)11-19-24-25-20-13-16(6-9-26(19)20)15-5-7-22-18(12-15)23-8-10-27/h1-7,9,12-13,27H,8,10-11H2,(H,22,23). The van der Waals surface area contributed by atoms with Crippen molar-refractivity contribution in [3.63, 3.8) is 0 Å². The Morgan fingerprint density at radius 1 is 1.00 bits per heavy atom. The first-order chi connectivity index (χ1) is 13.2. The molecule has 0 bridgehead atoms. The van der Waals surface area contributed by atoms with Crippen molar-refractivity contribution in [2.45, 2.75) is 6.42 Å². The quantitative estimate of drug-likeness (QED) is 0.536. The summed E-state index contributed by atoms with van der Waals surface area (Å²) in [7, 11) is 0. The van der Waals surface area contributed by atoms with E-state index in [4.69, 9.17) is 16.7 Å². The van der Waals surface area contributed by atoms with E-state index in [0.29, 0.717) is 13.0 Å². The maximum absolute atomic E-state index is 8.94. The van der Waals surface area contributed by atoms with Crippen LogP contribution in [0.25, 0.3) is 16.8 Å². The normalized spacial score (nSPS) is 11.0. The number of hydrogen-bond acceptors (Lipinski definition) is 5. The third kappa shape index (κ3) is 3.92. The number of anilines is 1. The Labute approximate surface area is 161 Å². The minimum absolute atomic E-state index is 0.0635. The molecule has 27 heavy (non-hydrogen) atoms. The molecule has 0 saturated heterocycles. The Hall–Kier alpha value is -2.96. The fourth-order valence-electron chi connectivity index (χ4n) is 2.92. The van der Waals surface area contributed by atoms with Crippen LogP contribution in [0.2, 0.25) is 5.02 Å². The Bertz CT molecular complexity index is 1060. The Kier molecular flexibility index (Phi) is 5.00. The molecule has 6 nitrogen and oxygen atoms in total. The molecule has 3 heterocycles. The molecule has 136 valence electrons. The summed E-state index contributed by atoms with van der Waals surface area (Å²) in [6, 6.07) is 15.7. The number of aliphatic hydroxyl groups excluding tert-OH is 1. The third-order valence-corrected chi connectivity index (χ3v) is 4.52. The molecule has 0 radical (unpaired) electrons. The summed E-state index contributed by atoms with van der Waals surface area (Å²) >= 11 is 5.95. The lowest BCUT2D eigenvalue weighted by molar-refractivity contribution is 0.311. The number of rotatable bonds is 6. The van der Waals surface area contributed by atoms with Crippen LogP contribution < -0.4 is 5.32 Å². The number of fused-ring (bicyclic) bond motifs is 1. The van der Waals surface area contributed by atoms with Gasteiger partial charge in [0.2, 0.25) is 0 Å². The smallest absolute Gasteiger partial charge is 0.161 e. The molecular formula is C20H18ClN5O. The molecule has 0 atom stereocenters. The average molecular weight is 380 g/mol. The predicted molar refractivity (Wildman–Crippen MR) is 106 cm³/mol. The van der Waals surface area contributed by atoms with Crippen molar-refractivity contribution < 1.29 is 5.11 Å². The summed E-state index contributed by atoms with van der Waals surface area (Å²) in [4.78, 5) is 4.26. The van der Waals surface area contributed by atoms with E-state index in [9.17, 15) is 0 Å². The number of hydrogen-bond donors (Lipinski definition) is 2. The number of pyridine rings is 2. The summed E-state index contributed by atoms with van der Waals surface area (Å²) < 4.78 is 1.99. The van der Waals surface area contributed by atoms with Crippen LogP contribution in [-0.4, -0.2) is 37.8 Å². The first kappa shape index (κ1) is 17.5. The molecule has 0 aliphatic rings. The highest BCUT2D eigenvalue weighted by Gasteiger charge is 2.09. The van der Waals surface area contributed by atoms with Gasteiger partial charge in [0.05, 0.1) is 6.61 Å². The first-order valence-corrected chi connectivity index (χ1v) is 9.00. The van der Waals surface area contributed by atoms with Gasteiger partial charge in [-0.25, -0.2) is 4.98 Å². The van der Waals surface area contributed by atoms with Gasteiger partial charge in [-0.1, -0.05) is 23.7 Å². The second-order valence-electron chi connectivity index (χ2n) is 6.14. The number of aromatic nitrogens is 4. The first-order valence-electron chi connectivity index (χ1n) is 8.62. The van der Waals surface area contributed by atoms with Gasteiger partial charge in [0.1, 0.15) is 11.6 Å². The summed E-state index contributed by atoms with van der Waals surface area (Å²) in [6.07, 6.45) is 4.41. The number of aliphatic hydroxyl groups is 1. The van der Waals surface area contributed by atoms with Crippen LogP contribution in [0.4, 0.5) is 5.82 Å². The van der Waals surface area contributed by atoms with Crippen molar-refractivity contribution in [1.29, 1.82) is 0 Å². The maximum atomic E-state index is 8.94. The highest BCUT2D eigenvalue weighted by Crippen LogP contribution is 2.23. The summed E-state index contributed by atoms with van der Waals surface area (Å²) in [6.45, 7) is 0.529. The SMILES string of the molecule is OCCNc1cc(-c2ccn3c(Cc4ccc(Cl)cc4)nnc3c2)ccn1. The van der Waals surface area contributed by atoms with Gasteiger partial charge in [-0.15, -0.1) is 10.2 Å². The number of benzene rings is 1. The molecule has 4 aromatic rings. The number of nitrogens with zero attached hydrogens (tertiary/aromatic N) is 4. The van der Waals surface area contributed by atoms with Gasteiger partial charge in [0, 0.05) is 30.4 Å². The van der Waals surface area contributed by atoms with Crippen molar-refractivity contribution in [2.24, 2.45) is 0 Å². The fraction of sp³-hybridized carbons (Fsp3) is 0.150. The molecule has 3 aromatic heterocycles. The van der Waals surface area contributed by atoms with Crippen LogP contribution in [0.3, 0.4) is 0 Å². The van der Waals surface area contributed by atoms with Crippen LogP contribution in [0, 0.1) is 0 Å². The lowest BCUT2D eigenvalue weighted by atomic mass is 10.1. The van der Waals surface area contributed by atoms with Crippen molar-refractivity contribution in [3.8, 4) is 11.1 Å². The zero-order chi connectivity index (χ0) is 18.6. The van der Waals surface area contributed by atoms with E-state index in [2.05, 4.69) is 20.5 Å². The zero-order valence-electron chi connectivity index (χ0n) is 14.5. The lowest BCUT2D eigenvalue weighted by Gasteiger charge is -2.07. The second-order valence-corrected chi connectivity index (χ2v) is 6.58. The van der Waals surface area contributed by atoms with E-state index in [0.717, 1.165) is 39.0 Å². The van der Waals surface area contributed by atoms with E-state index in [-0.39, 0.29) is 6.61 Å². The fourth-order valence-corrected chi connectivity index (χ4v) is 3.04. The van der Waals surface area contributed by atoms with Gasteiger partial charge in [-0.05, 0) is 53.1 Å². The van der Waals surface area contributed by atoms with Crippen LogP contribution in [0.15, 0.2) is 60.9 Å². The minimum Gasteiger partial charge on any atom is -0.395 e. The maximum Gasteiger partial charge on any atom is 0.161 e. The lowest BCUT2D eigenvalue weighted by Crippen LogP contribution is -2.06. The molecule has 0 unspecified atom stereocenters. The molecule has 0 fully saturated rings. The van der Waals surface area contributed by atoms with Crippen LogP contribution in [0.5, 0.6) is 0 Å². The molecule has 0 aliphatic heterocycles. The summed E-state index contributed by atoms with van der Waals surface area (Å²) in [5, 5.41) is 21.4. The van der Waals surface area contributed by atoms with Crippen molar-refractivity contribution >= 4 is 23.1 Å². The van der Waals surface area contributed by atoms with Crippen molar-refractivity contribution in [1.82, 2.24) is 19.6 Å². The number of halogens is 1. The molecule has 0 aliphatic carbocycles. The van der Waals surface area contributed by atoms with E-state index < -0.39 is 0 Å². The molecule has 0 saturated carbocycles. The van der Waals surface area contributed by atoms with Crippen molar-refractivity contribution in [3.05, 3.63) is 77.3 Å². The van der Waals surface area contributed by atoms with Gasteiger partial charge < -0.3 is 10.4 Å². The van der Waals surface area contributed by atoms with Crippen LogP contribution >= 0.6 is 11.6 Å². The second kappa shape index (κ2) is 7.73. The topological polar surface area (TPSA) is 75.3 Å². The van der Waals surface area contributed by atoms with Gasteiger partial charge in [-0.3, -0.25) is 4.40 Å². The van der Waals surface area contributed by atoms with Gasteiger partial charge >= 0.3 is 0 Å². The Morgan fingerprint density at radius 2 is 1.81 bits per heavy atom. The molecular weight excluding hydrogens is 362 g/mol. The monoisotopic (exact) mass is 379 g/mol. The Morgan fingerprint density at radius 3 is 2.63 bits per heavy atom. The molecule has 1 aromatic carbocycles. The number of nitrogens with one attached hydrogen (secondary N) is 1. The minimum atomic E-state index is 0.0635. The largest absolute Gasteiger partial charge is 0.395 e. The predicted octanol–water partition coefficient (Wildman–Crippen LogP) is 3.44. The summed E-state index contributed by atoms with van der Waals surface area (Å²) in [5.41, 5.74) is 3.97. The highest BCUT2D eigenvalue weighted by atomic mass is 35.5. The van der Waals surface area contributed by atoms with Crippen LogP contribution in [0.1, 0.15) is 11.4 Å². The van der Waals surface area contributed by atoms with Gasteiger partial charge in [-0.2, -0.15) is 0 Å². The van der Waals surface area contributed by atoms with Gasteiger partial charge in [0.25, 0.3) is 0 Å². The van der Waals surface area contributed by atoms with E-state index in [1.54, 1.807) is 6.20 Å².